The molecule has 0 radical (unpaired) electrons. The SMILES string of the molecule is NCC(NCC(F)F)c1cc(Cl)c2c(c1)OCCCO2. The zero-order valence-electron chi connectivity index (χ0n) is 10.9. The van der Waals surface area contributed by atoms with Gasteiger partial charge in [0.25, 0.3) is 6.43 Å². The number of hydrogen-bond donors (Lipinski definition) is 2. The molecule has 0 amide bonds. The summed E-state index contributed by atoms with van der Waals surface area (Å²) in [5, 5.41) is 3.10. The number of nitrogens with one attached hydrogen (secondary N) is 1. The fourth-order valence-electron chi connectivity index (χ4n) is 2.02. The summed E-state index contributed by atoms with van der Waals surface area (Å²) in [5.74, 6) is 1.03. The summed E-state index contributed by atoms with van der Waals surface area (Å²) in [7, 11) is 0. The Labute approximate surface area is 121 Å². The Kier molecular flexibility index (Phi) is 5.39. The quantitative estimate of drug-likeness (QED) is 0.877. The second-order valence-electron chi connectivity index (χ2n) is 4.47. The Morgan fingerprint density at radius 3 is 2.75 bits per heavy atom. The van der Waals surface area contributed by atoms with E-state index in [9.17, 15) is 8.78 Å². The van der Waals surface area contributed by atoms with E-state index in [1.807, 2.05) is 0 Å². The van der Waals surface area contributed by atoms with Crippen molar-refractivity contribution in [2.45, 2.75) is 18.9 Å². The van der Waals surface area contributed by atoms with E-state index >= 15 is 0 Å². The van der Waals surface area contributed by atoms with E-state index in [1.165, 1.54) is 0 Å². The van der Waals surface area contributed by atoms with Crippen molar-refractivity contribution in [2.75, 3.05) is 26.3 Å². The molecule has 0 saturated heterocycles. The van der Waals surface area contributed by atoms with E-state index in [2.05, 4.69) is 5.32 Å². The Hall–Kier alpha value is -1.11. The van der Waals surface area contributed by atoms with Crippen LogP contribution in [0, 0.1) is 0 Å². The second-order valence-corrected chi connectivity index (χ2v) is 4.88. The minimum atomic E-state index is -2.43. The van der Waals surface area contributed by atoms with E-state index in [0.717, 1.165) is 6.42 Å². The highest BCUT2D eigenvalue weighted by atomic mass is 35.5. The summed E-state index contributed by atoms with van der Waals surface area (Å²) in [5.41, 5.74) is 6.34. The van der Waals surface area contributed by atoms with Crippen molar-refractivity contribution in [3.63, 3.8) is 0 Å². The molecule has 20 heavy (non-hydrogen) atoms. The van der Waals surface area contributed by atoms with Gasteiger partial charge in [0.15, 0.2) is 11.5 Å². The largest absolute Gasteiger partial charge is 0.489 e. The summed E-state index contributed by atoms with van der Waals surface area (Å²) in [6.45, 7) is 0.831. The molecule has 7 heteroatoms. The number of alkyl halides is 2. The number of nitrogens with two attached hydrogens (primary N) is 1. The van der Waals surface area contributed by atoms with Gasteiger partial charge in [0.05, 0.1) is 24.8 Å². The van der Waals surface area contributed by atoms with E-state index in [4.69, 9.17) is 26.8 Å². The third kappa shape index (κ3) is 3.71. The summed E-state index contributed by atoms with van der Waals surface area (Å²) in [6, 6.07) is 3.01. The van der Waals surface area contributed by atoms with Gasteiger partial charge in [0, 0.05) is 19.0 Å². The maximum absolute atomic E-state index is 12.3. The summed E-state index contributed by atoms with van der Waals surface area (Å²) in [6.07, 6.45) is -1.66. The third-order valence-electron chi connectivity index (χ3n) is 2.98. The predicted molar refractivity (Wildman–Crippen MR) is 72.9 cm³/mol. The number of halogens is 3. The molecule has 1 heterocycles. The van der Waals surface area contributed by atoms with Gasteiger partial charge in [-0.05, 0) is 17.7 Å². The van der Waals surface area contributed by atoms with Gasteiger partial charge in [0.2, 0.25) is 0 Å². The number of rotatable bonds is 5. The van der Waals surface area contributed by atoms with Crippen LogP contribution in [0.5, 0.6) is 11.5 Å². The van der Waals surface area contributed by atoms with Crippen molar-refractivity contribution < 1.29 is 18.3 Å². The molecule has 0 fully saturated rings. The van der Waals surface area contributed by atoms with Gasteiger partial charge < -0.3 is 20.5 Å². The van der Waals surface area contributed by atoms with Crippen molar-refractivity contribution in [1.82, 2.24) is 5.32 Å². The molecule has 1 aromatic carbocycles. The van der Waals surface area contributed by atoms with Crippen LogP contribution in [0.15, 0.2) is 12.1 Å². The number of benzene rings is 1. The standard InChI is InChI=1S/C13H17ClF2N2O2/c14-9-4-8(10(6-17)18-7-12(15)16)5-11-13(9)20-3-1-2-19-11/h4-5,10,12,18H,1-3,6-7,17H2. The summed E-state index contributed by atoms with van der Waals surface area (Å²) in [4.78, 5) is 0. The van der Waals surface area contributed by atoms with E-state index < -0.39 is 19.0 Å². The lowest BCUT2D eigenvalue weighted by Crippen LogP contribution is -2.31. The van der Waals surface area contributed by atoms with Crippen LogP contribution in [-0.4, -0.2) is 32.7 Å². The van der Waals surface area contributed by atoms with E-state index in [1.54, 1.807) is 12.1 Å². The molecule has 0 aliphatic carbocycles. The first kappa shape index (κ1) is 15.3. The van der Waals surface area contributed by atoms with Crippen molar-refractivity contribution in [3.8, 4) is 11.5 Å². The first-order chi connectivity index (χ1) is 9.61. The number of hydrogen-bond acceptors (Lipinski definition) is 4. The molecule has 3 N–H and O–H groups in total. The zero-order chi connectivity index (χ0) is 14.5. The highest BCUT2D eigenvalue weighted by Crippen LogP contribution is 2.39. The fraction of sp³-hybridized carbons (Fsp3) is 0.538. The van der Waals surface area contributed by atoms with Crippen molar-refractivity contribution in [3.05, 3.63) is 22.7 Å². The first-order valence-electron chi connectivity index (χ1n) is 6.42. The van der Waals surface area contributed by atoms with Crippen LogP contribution in [0.4, 0.5) is 8.78 Å². The molecule has 1 aromatic rings. The van der Waals surface area contributed by atoms with E-state index in [-0.39, 0.29) is 6.54 Å². The molecule has 1 unspecified atom stereocenters. The molecule has 2 rings (SSSR count). The van der Waals surface area contributed by atoms with Crippen LogP contribution in [0.1, 0.15) is 18.0 Å². The van der Waals surface area contributed by atoms with Crippen LogP contribution in [-0.2, 0) is 0 Å². The van der Waals surface area contributed by atoms with Gasteiger partial charge in [-0.2, -0.15) is 0 Å². The van der Waals surface area contributed by atoms with Gasteiger partial charge in [-0.3, -0.25) is 0 Å². The minimum Gasteiger partial charge on any atom is -0.489 e. The average molecular weight is 307 g/mol. The minimum absolute atomic E-state index is 0.183. The maximum Gasteiger partial charge on any atom is 0.250 e. The molecule has 0 saturated carbocycles. The summed E-state index contributed by atoms with van der Waals surface area (Å²) < 4.78 is 35.6. The summed E-state index contributed by atoms with van der Waals surface area (Å²) >= 11 is 6.16. The molecule has 112 valence electrons. The van der Waals surface area contributed by atoms with Gasteiger partial charge >= 0.3 is 0 Å². The normalized spacial score (nSPS) is 16.1. The van der Waals surface area contributed by atoms with Crippen LogP contribution < -0.4 is 20.5 Å². The lowest BCUT2D eigenvalue weighted by Gasteiger charge is -2.19. The van der Waals surface area contributed by atoms with Crippen LogP contribution in [0.25, 0.3) is 0 Å². The molecular weight excluding hydrogens is 290 g/mol. The molecule has 1 aliphatic heterocycles. The van der Waals surface area contributed by atoms with Crippen LogP contribution >= 0.6 is 11.6 Å². The van der Waals surface area contributed by atoms with Gasteiger partial charge in [-0.1, -0.05) is 11.6 Å². The van der Waals surface area contributed by atoms with Crippen molar-refractivity contribution in [2.24, 2.45) is 5.73 Å². The zero-order valence-corrected chi connectivity index (χ0v) is 11.6. The smallest absolute Gasteiger partial charge is 0.250 e. The molecular formula is C13H17ClF2N2O2. The Morgan fingerprint density at radius 1 is 1.30 bits per heavy atom. The Bertz CT molecular complexity index is 460. The highest BCUT2D eigenvalue weighted by molar-refractivity contribution is 6.32. The van der Waals surface area contributed by atoms with E-state index in [0.29, 0.717) is 35.3 Å². The topological polar surface area (TPSA) is 56.5 Å². The molecule has 1 atom stereocenters. The van der Waals surface area contributed by atoms with Crippen molar-refractivity contribution >= 4 is 11.6 Å². The highest BCUT2D eigenvalue weighted by Gasteiger charge is 2.19. The molecule has 4 nitrogen and oxygen atoms in total. The average Bonchev–Trinajstić information content (AvgIpc) is 2.65. The lowest BCUT2D eigenvalue weighted by molar-refractivity contribution is 0.141. The molecule has 0 aromatic heterocycles. The first-order valence-corrected chi connectivity index (χ1v) is 6.80. The monoisotopic (exact) mass is 306 g/mol. The van der Waals surface area contributed by atoms with Gasteiger partial charge in [-0.15, -0.1) is 0 Å². The number of ether oxygens (including phenoxy) is 2. The Morgan fingerprint density at radius 2 is 2.05 bits per heavy atom. The fourth-order valence-corrected chi connectivity index (χ4v) is 2.29. The van der Waals surface area contributed by atoms with Crippen molar-refractivity contribution in [1.29, 1.82) is 0 Å². The van der Waals surface area contributed by atoms with Crippen LogP contribution in [0.3, 0.4) is 0 Å². The second kappa shape index (κ2) is 7.06. The maximum atomic E-state index is 12.3. The molecule has 0 bridgehead atoms. The molecule has 1 aliphatic rings. The lowest BCUT2D eigenvalue weighted by atomic mass is 10.1. The molecule has 0 spiro atoms. The Balaban J connectivity index is 2.22. The third-order valence-corrected chi connectivity index (χ3v) is 3.26. The number of fused-ring (bicyclic) bond motifs is 1. The van der Waals surface area contributed by atoms with Gasteiger partial charge in [-0.25, -0.2) is 8.78 Å². The predicted octanol–water partition coefficient (Wildman–Crippen LogP) is 2.36. The van der Waals surface area contributed by atoms with Gasteiger partial charge in [0.1, 0.15) is 0 Å². The van der Waals surface area contributed by atoms with Crippen LogP contribution in [0.2, 0.25) is 5.02 Å².